The fourth-order valence-corrected chi connectivity index (χ4v) is 10.4. The highest BCUT2D eigenvalue weighted by atomic mass is 16.6. The van der Waals surface area contributed by atoms with Gasteiger partial charge in [0.25, 0.3) is 0 Å². The van der Waals surface area contributed by atoms with Crippen LogP contribution in [0.5, 0.6) is 0 Å². The molecule has 0 spiro atoms. The van der Waals surface area contributed by atoms with Gasteiger partial charge in [-0.05, 0) is 93.3 Å². The van der Waals surface area contributed by atoms with Gasteiger partial charge in [-0.25, -0.2) is 0 Å². The number of rotatable bonds is 72. The molecule has 0 amide bonds. The van der Waals surface area contributed by atoms with Crippen LogP contribution >= 0.6 is 0 Å². The zero-order valence-electron chi connectivity index (χ0n) is 57.2. The molecule has 0 aromatic heterocycles. The first-order valence-corrected chi connectivity index (χ1v) is 35.0. The number of hydrogen-bond acceptors (Lipinski definition) is 29. The number of ether oxygens (including phenoxy) is 13. The van der Waals surface area contributed by atoms with Crippen LogP contribution in [0, 0.1) is 0 Å². The van der Waals surface area contributed by atoms with Crippen molar-refractivity contribution in [3.05, 3.63) is 59.7 Å². The molecular formula is C67H126N8O21. The van der Waals surface area contributed by atoms with Gasteiger partial charge in [0.15, 0.2) is 6.29 Å². The molecule has 19 N–H and O–H groups in total. The first kappa shape index (κ1) is 87.5. The molecule has 1 aliphatic carbocycles. The quantitative estimate of drug-likeness (QED) is 0.0297. The second-order valence-corrected chi connectivity index (χ2v) is 23.3. The Hall–Kier alpha value is -2.72. The highest BCUT2D eigenvalue weighted by Gasteiger charge is 2.29. The number of aliphatic hydroxyl groups excluding tert-OH is 7. The van der Waals surface area contributed by atoms with Crippen molar-refractivity contribution in [1.82, 2.24) is 26.6 Å². The molecule has 560 valence electrons. The van der Waals surface area contributed by atoms with Gasteiger partial charge in [0.1, 0.15) is 24.9 Å². The van der Waals surface area contributed by atoms with Gasteiger partial charge in [0, 0.05) is 57.0 Å². The molecule has 0 aliphatic heterocycles. The molecule has 96 heavy (non-hydrogen) atoms. The predicted molar refractivity (Wildman–Crippen MR) is 362 cm³/mol. The van der Waals surface area contributed by atoms with Crippen molar-refractivity contribution in [2.75, 3.05) is 198 Å². The lowest BCUT2D eigenvalue weighted by atomic mass is 9.98. The topological polar surface area (TPSA) is 420 Å². The summed E-state index contributed by atoms with van der Waals surface area (Å²) in [7, 11) is 0. The summed E-state index contributed by atoms with van der Waals surface area (Å²) >= 11 is 0. The maximum atomic E-state index is 11.0. The van der Waals surface area contributed by atoms with E-state index in [-0.39, 0.29) is 25.0 Å². The average molecular weight is 1380 g/mol. The van der Waals surface area contributed by atoms with Crippen molar-refractivity contribution >= 4 is 0 Å². The third-order valence-electron chi connectivity index (χ3n) is 15.6. The average Bonchev–Trinajstić information content (AvgIpc) is 1.64. The van der Waals surface area contributed by atoms with E-state index < -0.39 is 55.8 Å². The molecule has 9 unspecified atom stereocenters. The molecule has 0 fully saturated rings. The summed E-state index contributed by atoms with van der Waals surface area (Å²) in [5.74, 6) is 0.0663. The van der Waals surface area contributed by atoms with Crippen molar-refractivity contribution in [2.24, 2.45) is 17.2 Å². The van der Waals surface area contributed by atoms with E-state index in [0.717, 1.165) is 38.5 Å². The molecule has 0 bridgehead atoms. The molecule has 2 aromatic rings. The van der Waals surface area contributed by atoms with E-state index in [4.69, 9.17) is 78.8 Å². The van der Waals surface area contributed by atoms with Gasteiger partial charge in [0.05, 0.1) is 171 Å². The van der Waals surface area contributed by atoms with Crippen LogP contribution in [0.2, 0.25) is 0 Å². The maximum absolute atomic E-state index is 11.0. The minimum absolute atomic E-state index is 0.0663. The van der Waals surface area contributed by atoms with Gasteiger partial charge < -0.3 is 120 Å². The van der Waals surface area contributed by atoms with Crippen LogP contribution in [0.25, 0.3) is 11.1 Å². The Morgan fingerprint density at radius 1 is 0.333 bits per heavy atom. The SMILES string of the molecule is NCCCCC(NC(O)CCOCCOCCOCCOCCCC(O)C(CCCCN)NC(O)CCOCCOCCOCCOCCNC(O)C(CCCCN)NC(O)CCOCCOCCOCCOCCNC(O)OCC1c2ccccc2-c2ccccc21)C(O)O. The Balaban J connectivity index is 1.07. The third-order valence-corrected chi connectivity index (χ3v) is 15.6. The molecule has 9 atom stereocenters. The van der Waals surface area contributed by atoms with Gasteiger partial charge in [0.2, 0.25) is 6.41 Å². The number of aliphatic hydroxyl groups is 8. The molecule has 2 aromatic carbocycles. The molecule has 29 nitrogen and oxygen atoms in total. The van der Waals surface area contributed by atoms with Gasteiger partial charge >= 0.3 is 0 Å². The summed E-state index contributed by atoms with van der Waals surface area (Å²) in [5.41, 5.74) is 21.8. The standard InChI is InChI=1S/C67H126N8O21/c68-23-8-5-16-58(61(76)19-11-28-84-34-40-90-46-47-91-43-37-87-31-22-64(79)75-60(66(81)82)18-7-10-25-70)73-62(77)20-29-85-35-41-92-48-50-94-44-38-88-32-26-71-65(80)59(17-6-9-24-69)74-63(78)21-30-86-36-42-93-49-51-95-45-39-89-33-27-72-67(83)96-52-57-55-14-3-1-12-53(55)54-13-2-4-15-56(54)57/h1-4,12-15,57-67,71-83H,5-11,16-52,68-70H2. The summed E-state index contributed by atoms with van der Waals surface area (Å²) in [6, 6.07) is 15.2. The maximum Gasteiger partial charge on any atom is 0.213 e. The van der Waals surface area contributed by atoms with E-state index in [2.05, 4.69) is 50.8 Å². The van der Waals surface area contributed by atoms with E-state index in [1.54, 1.807) is 0 Å². The lowest BCUT2D eigenvalue weighted by molar-refractivity contribution is -0.123. The van der Waals surface area contributed by atoms with E-state index in [9.17, 15) is 40.9 Å². The third kappa shape index (κ3) is 44.5. The normalized spacial score (nSPS) is 15.4. The number of nitrogens with one attached hydrogen (secondary N) is 5. The summed E-state index contributed by atoms with van der Waals surface area (Å²) in [6.07, 6.45) is 1.56. The lowest BCUT2D eigenvalue weighted by Gasteiger charge is -2.28. The van der Waals surface area contributed by atoms with E-state index in [1.165, 1.54) is 22.3 Å². The Kier molecular flexibility index (Phi) is 55.6. The lowest BCUT2D eigenvalue weighted by Crippen LogP contribution is -2.52. The van der Waals surface area contributed by atoms with Crippen LogP contribution in [0.3, 0.4) is 0 Å². The van der Waals surface area contributed by atoms with Gasteiger partial charge in [-0.2, -0.15) is 0 Å². The van der Waals surface area contributed by atoms with E-state index in [1.807, 2.05) is 24.3 Å². The van der Waals surface area contributed by atoms with Crippen LogP contribution in [-0.4, -0.2) is 301 Å². The van der Waals surface area contributed by atoms with Crippen LogP contribution in [-0.2, 0) is 61.6 Å². The molecule has 0 radical (unpaired) electrons. The number of fused-ring (bicyclic) bond motifs is 3. The van der Waals surface area contributed by atoms with Gasteiger partial charge in [-0.15, -0.1) is 0 Å². The number of hydrogen-bond donors (Lipinski definition) is 16. The molecule has 1 aliphatic rings. The van der Waals surface area contributed by atoms with Crippen LogP contribution in [0.4, 0.5) is 0 Å². The highest BCUT2D eigenvalue weighted by Crippen LogP contribution is 2.44. The van der Waals surface area contributed by atoms with E-state index in [0.29, 0.717) is 236 Å². The molecule has 0 heterocycles. The summed E-state index contributed by atoms with van der Waals surface area (Å²) < 4.78 is 73.0. The van der Waals surface area contributed by atoms with Crippen molar-refractivity contribution < 1.29 is 102 Å². The number of nitrogens with two attached hydrogens (primary N) is 3. The zero-order chi connectivity index (χ0) is 69.2. The smallest absolute Gasteiger partial charge is 0.213 e. The van der Waals surface area contributed by atoms with Gasteiger partial charge in [-0.1, -0.05) is 67.8 Å². The summed E-state index contributed by atoms with van der Waals surface area (Å²) in [4.78, 5) is 0. The van der Waals surface area contributed by atoms with Crippen molar-refractivity contribution in [2.45, 2.75) is 158 Å². The Labute approximate surface area is 570 Å². The van der Waals surface area contributed by atoms with Crippen molar-refractivity contribution in [3.8, 4) is 11.1 Å². The largest absolute Gasteiger partial charge is 0.392 e. The van der Waals surface area contributed by atoms with E-state index >= 15 is 0 Å². The predicted octanol–water partition coefficient (Wildman–Crippen LogP) is -0.373. The van der Waals surface area contributed by atoms with Crippen molar-refractivity contribution in [3.63, 3.8) is 0 Å². The van der Waals surface area contributed by atoms with Crippen molar-refractivity contribution in [1.29, 1.82) is 0 Å². The second kappa shape index (κ2) is 61.0. The minimum atomic E-state index is -1.57. The molecule has 0 saturated heterocycles. The van der Waals surface area contributed by atoms with Crippen LogP contribution in [0.1, 0.15) is 107 Å². The fraction of sp³-hybridized carbons (Fsp3) is 0.821. The van der Waals surface area contributed by atoms with Gasteiger partial charge in [-0.3, -0.25) is 26.6 Å². The molecule has 3 rings (SSSR count). The fourth-order valence-electron chi connectivity index (χ4n) is 10.4. The zero-order valence-corrected chi connectivity index (χ0v) is 57.2. The Morgan fingerprint density at radius 2 is 0.667 bits per heavy atom. The second-order valence-electron chi connectivity index (χ2n) is 23.3. The molecule has 29 heteroatoms. The first-order valence-electron chi connectivity index (χ1n) is 35.0. The minimum Gasteiger partial charge on any atom is -0.392 e. The summed E-state index contributed by atoms with van der Waals surface area (Å²) in [5, 5.41) is 98.0. The molecular weight excluding hydrogens is 1250 g/mol. The monoisotopic (exact) mass is 1380 g/mol. The Morgan fingerprint density at radius 3 is 1.07 bits per heavy atom. The molecule has 0 saturated carbocycles. The first-order chi connectivity index (χ1) is 47.0. The number of benzene rings is 2. The van der Waals surface area contributed by atoms with Crippen LogP contribution in [0.15, 0.2) is 48.5 Å². The van der Waals surface area contributed by atoms with Crippen LogP contribution < -0.4 is 43.8 Å². The summed E-state index contributed by atoms with van der Waals surface area (Å²) in [6.45, 7) is 11.7. The number of unbranched alkanes of at least 4 members (excludes halogenated alkanes) is 3. The highest BCUT2D eigenvalue weighted by molar-refractivity contribution is 5.78. The Bertz CT molecular complexity index is 2000.